The van der Waals surface area contributed by atoms with Crippen LogP contribution in [0.25, 0.3) is 0 Å². The van der Waals surface area contributed by atoms with Crippen LogP contribution in [0.15, 0.2) is 35.9 Å². The van der Waals surface area contributed by atoms with E-state index in [1.54, 1.807) is 6.08 Å². The number of benzene rings is 1. The highest BCUT2D eigenvalue weighted by Crippen LogP contribution is 2.37. The Morgan fingerprint density at radius 1 is 1.35 bits per heavy atom. The molecular weight excluding hydrogens is 290 g/mol. The van der Waals surface area contributed by atoms with E-state index < -0.39 is 0 Å². The molecule has 1 amide bonds. The topological polar surface area (TPSA) is 20.3 Å². The molecule has 1 fully saturated rings. The van der Waals surface area contributed by atoms with Crippen LogP contribution < -0.4 is 0 Å². The third-order valence-corrected chi connectivity index (χ3v) is 4.97. The summed E-state index contributed by atoms with van der Waals surface area (Å²) in [4.78, 5) is 14.0. The van der Waals surface area contributed by atoms with Gasteiger partial charge in [-0.15, -0.1) is 0 Å². The SMILES string of the molecule is CC(C)=CC(=O)N1CCS[C@H](c2ccccc2Cl)CC1. The number of carbonyl (C=O) groups is 1. The van der Waals surface area contributed by atoms with Crippen LogP contribution in [0.5, 0.6) is 0 Å². The zero-order valence-corrected chi connectivity index (χ0v) is 13.5. The van der Waals surface area contributed by atoms with Crippen molar-refractivity contribution in [3.8, 4) is 0 Å². The molecule has 0 bridgehead atoms. The Kier molecular flexibility index (Phi) is 5.55. The monoisotopic (exact) mass is 309 g/mol. The maximum absolute atomic E-state index is 12.1. The highest BCUT2D eigenvalue weighted by atomic mass is 35.5. The molecule has 1 aromatic carbocycles. The van der Waals surface area contributed by atoms with Crippen molar-refractivity contribution in [3.05, 3.63) is 46.5 Å². The molecular formula is C16H20ClNOS. The van der Waals surface area contributed by atoms with Crippen LogP contribution in [-0.4, -0.2) is 29.6 Å². The molecule has 0 aliphatic carbocycles. The van der Waals surface area contributed by atoms with Crippen molar-refractivity contribution in [1.29, 1.82) is 0 Å². The van der Waals surface area contributed by atoms with E-state index >= 15 is 0 Å². The van der Waals surface area contributed by atoms with Gasteiger partial charge in [0.2, 0.25) is 5.91 Å². The fourth-order valence-electron chi connectivity index (χ4n) is 2.31. The maximum Gasteiger partial charge on any atom is 0.246 e. The molecule has 0 aromatic heterocycles. The van der Waals surface area contributed by atoms with E-state index in [2.05, 4.69) is 6.07 Å². The standard InChI is InChI=1S/C16H20ClNOS/c1-12(2)11-16(19)18-8-7-15(20-10-9-18)13-5-3-4-6-14(13)17/h3-6,11,15H,7-10H2,1-2H3/t15-/m0/s1. The van der Waals surface area contributed by atoms with Gasteiger partial charge in [-0.2, -0.15) is 11.8 Å². The number of hydrogen-bond acceptors (Lipinski definition) is 2. The summed E-state index contributed by atoms with van der Waals surface area (Å²) < 4.78 is 0. The Morgan fingerprint density at radius 3 is 2.80 bits per heavy atom. The van der Waals surface area contributed by atoms with Gasteiger partial charge < -0.3 is 4.90 Å². The van der Waals surface area contributed by atoms with Crippen LogP contribution in [0.4, 0.5) is 0 Å². The van der Waals surface area contributed by atoms with Crippen LogP contribution in [0.1, 0.15) is 31.1 Å². The van der Waals surface area contributed by atoms with Gasteiger partial charge >= 0.3 is 0 Å². The molecule has 0 N–H and O–H groups in total. The molecule has 2 rings (SSSR count). The van der Waals surface area contributed by atoms with Crippen LogP contribution in [0.3, 0.4) is 0 Å². The number of thioether (sulfide) groups is 1. The number of carbonyl (C=O) groups excluding carboxylic acids is 1. The molecule has 0 saturated carbocycles. The van der Waals surface area contributed by atoms with Crippen LogP contribution >= 0.6 is 23.4 Å². The van der Waals surface area contributed by atoms with Gasteiger partial charge in [-0.1, -0.05) is 35.4 Å². The second-order valence-corrected chi connectivity index (χ2v) is 6.93. The van der Waals surface area contributed by atoms with Gasteiger partial charge in [-0.05, 0) is 31.9 Å². The number of allylic oxidation sites excluding steroid dienone is 1. The zero-order chi connectivity index (χ0) is 14.5. The van der Waals surface area contributed by atoms with Gasteiger partial charge in [-0.3, -0.25) is 4.79 Å². The van der Waals surface area contributed by atoms with Crippen molar-refractivity contribution < 1.29 is 4.79 Å². The van der Waals surface area contributed by atoms with Gasteiger partial charge in [-0.25, -0.2) is 0 Å². The van der Waals surface area contributed by atoms with Crippen LogP contribution in [-0.2, 0) is 4.79 Å². The lowest BCUT2D eigenvalue weighted by Crippen LogP contribution is -2.31. The van der Waals surface area contributed by atoms with E-state index in [1.165, 1.54) is 5.56 Å². The minimum atomic E-state index is 0.130. The summed E-state index contributed by atoms with van der Waals surface area (Å²) in [5, 5.41) is 1.21. The second kappa shape index (κ2) is 7.19. The summed E-state index contributed by atoms with van der Waals surface area (Å²) in [6.45, 7) is 5.52. The Labute approximate surface area is 130 Å². The van der Waals surface area contributed by atoms with E-state index in [0.717, 1.165) is 35.9 Å². The zero-order valence-electron chi connectivity index (χ0n) is 11.9. The minimum absolute atomic E-state index is 0.130. The van der Waals surface area contributed by atoms with Gasteiger partial charge in [0.25, 0.3) is 0 Å². The summed E-state index contributed by atoms with van der Waals surface area (Å²) in [5.74, 6) is 1.09. The Morgan fingerprint density at radius 2 is 2.10 bits per heavy atom. The molecule has 20 heavy (non-hydrogen) atoms. The molecule has 108 valence electrons. The normalized spacial score (nSPS) is 19.4. The molecule has 1 aliphatic rings. The number of nitrogens with zero attached hydrogens (tertiary/aromatic N) is 1. The third-order valence-electron chi connectivity index (χ3n) is 3.32. The molecule has 0 radical (unpaired) electrons. The molecule has 0 unspecified atom stereocenters. The highest BCUT2D eigenvalue weighted by Gasteiger charge is 2.22. The molecule has 0 spiro atoms. The van der Waals surface area contributed by atoms with Crippen molar-refractivity contribution in [2.75, 3.05) is 18.8 Å². The van der Waals surface area contributed by atoms with Crippen molar-refractivity contribution >= 4 is 29.3 Å². The van der Waals surface area contributed by atoms with E-state index in [-0.39, 0.29) is 5.91 Å². The molecule has 1 aromatic rings. The van der Waals surface area contributed by atoms with Crippen LogP contribution in [0.2, 0.25) is 5.02 Å². The average molecular weight is 310 g/mol. The molecule has 1 saturated heterocycles. The highest BCUT2D eigenvalue weighted by molar-refractivity contribution is 7.99. The first-order valence-electron chi connectivity index (χ1n) is 6.88. The maximum atomic E-state index is 12.1. The predicted molar refractivity (Wildman–Crippen MR) is 87.3 cm³/mol. The fourth-order valence-corrected chi connectivity index (χ4v) is 3.91. The molecule has 2 nitrogen and oxygen atoms in total. The summed E-state index contributed by atoms with van der Waals surface area (Å²) in [7, 11) is 0. The lowest BCUT2D eigenvalue weighted by atomic mass is 10.1. The predicted octanol–water partition coefficient (Wildman–Crippen LogP) is 4.31. The van der Waals surface area contributed by atoms with E-state index in [0.29, 0.717) is 5.25 Å². The van der Waals surface area contributed by atoms with Crippen molar-refractivity contribution in [2.24, 2.45) is 0 Å². The van der Waals surface area contributed by atoms with Gasteiger partial charge in [0.15, 0.2) is 0 Å². The summed E-state index contributed by atoms with van der Waals surface area (Å²) in [6, 6.07) is 8.01. The van der Waals surface area contributed by atoms with Crippen LogP contribution in [0, 0.1) is 0 Å². The molecule has 1 heterocycles. The van der Waals surface area contributed by atoms with E-state index in [4.69, 9.17) is 11.6 Å². The van der Waals surface area contributed by atoms with Crippen molar-refractivity contribution in [2.45, 2.75) is 25.5 Å². The Hall–Kier alpha value is -0.930. The number of hydrogen-bond donors (Lipinski definition) is 0. The van der Waals surface area contributed by atoms with Crippen molar-refractivity contribution in [1.82, 2.24) is 4.90 Å². The van der Waals surface area contributed by atoms with E-state index in [9.17, 15) is 4.79 Å². The minimum Gasteiger partial charge on any atom is -0.338 e. The second-order valence-electron chi connectivity index (χ2n) is 5.22. The van der Waals surface area contributed by atoms with Crippen molar-refractivity contribution in [3.63, 3.8) is 0 Å². The molecule has 4 heteroatoms. The number of rotatable bonds is 2. The molecule has 1 aliphatic heterocycles. The summed E-state index contributed by atoms with van der Waals surface area (Å²) in [5.41, 5.74) is 2.24. The van der Waals surface area contributed by atoms with Gasteiger partial charge in [0, 0.05) is 35.2 Å². The first-order chi connectivity index (χ1) is 9.58. The van der Waals surface area contributed by atoms with E-state index in [1.807, 2.05) is 48.7 Å². The Bertz CT molecular complexity index is 511. The Balaban J connectivity index is 2.04. The first-order valence-corrected chi connectivity index (χ1v) is 8.30. The summed E-state index contributed by atoms with van der Waals surface area (Å²) in [6.07, 6.45) is 2.68. The smallest absolute Gasteiger partial charge is 0.246 e. The quantitative estimate of drug-likeness (QED) is 0.759. The lowest BCUT2D eigenvalue weighted by molar-refractivity contribution is -0.125. The molecule has 1 atom stereocenters. The summed E-state index contributed by atoms with van der Waals surface area (Å²) >= 11 is 8.17. The number of halogens is 1. The lowest BCUT2D eigenvalue weighted by Gasteiger charge is -2.19. The average Bonchev–Trinajstić information content (AvgIpc) is 2.64. The first kappa shape index (κ1) is 15.5. The number of amides is 1. The van der Waals surface area contributed by atoms with Gasteiger partial charge in [0.05, 0.1) is 0 Å². The largest absolute Gasteiger partial charge is 0.338 e. The van der Waals surface area contributed by atoms with Gasteiger partial charge in [0.1, 0.15) is 0 Å². The fraction of sp³-hybridized carbons (Fsp3) is 0.438. The third kappa shape index (κ3) is 4.03.